The van der Waals surface area contributed by atoms with Crippen LogP contribution in [-0.4, -0.2) is 78.2 Å². The number of aliphatic hydroxyl groups is 1. The molecule has 4 heterocycles. The summed E-state index contributed by atoms with van der Waals surface area (Å²) in [6.45, 7) is 13.0. The number of aryl methyl sites for hydroxylation is 2. The van der Waals surface area contributed by atoms with Gasteiger partial charge in [-0.25, -0.2) is 15.0 Å². The first-order valence-corrected chi connectivity index (χ1v) is 25.3. The van der Waals surface area contributed by atoms with Crippen LogP contribution in [0.3, 0.4) is 0 Å². The zero-order valence-electron chi connectivity index (χ0n) is 32.8. The molecule has 0 bridgehead atoms. The number of aromatic nitrogens is 8. The van der Waals surface area contributed by atoms with Gasteiger partial charge in [-0.05, 0) is 126 Å². The van der Waals surface area contributed by atoms with E-state index in [1.165, 1.54) is 6.20 Å². The maximum Gasteiger partial charge on any atom is 0.224 e. The molecule has 0 unspecified atom stereocenters. The highest BCUT2D eigenvalue weighted by atomic mass is 79.9. The van der Waals surface area contributed by atoms with Crippen LogP contribution in [0.15, 0.2) is 82.5 Å². The number of anilines is 3. The number of nitrogens with zero attached hydrogens (tertiary/aromatic N) is 8. The Hall–Kier alpha value is -3.39. The predicted molar refractivity (Wildman–Crippen MR) is 254 cm³/mol. The first-order valence-electron chi connectivity index (χ1n) is 17.4. The smallest absolute Gasteiger partial charge is 0.224 e. The molecule has 59 heavy (non-hydrogen) atoms. The minimum atomic E-state index is -2.58. The fraction of sp³-hybridized carbons (Fsp3) is 0.282. The lowest BCUT2D eigenvalue weighted by atomic mass is 10.1. The molecule has 0 aliphatic carbocycles. The number of rotatable bonds is 8. The molecule has 4 N–H and O–H groups in total. The van der Waals surface area contributed by atoms with Crippen molar-refractivity contribution in [1.82, 2.24) is 39.9 Å². The highest BCUT2D eigenvalue weighted by Crippen LogP contribution is 2.40. The summed E-state index contributed by atoms with van der Waals surface area (Å²) < 4.78 is 26.3. The van der Waals surface area contributed by atoms with Crippen molar-refractivity contribution in [3.05, 3.63) is 110 Å². The van der Waals surface area contributed by atoms with Crippen LogP contribution in [0.5, 0.6) is 0 Å². The Labute approximate surface area is 377 Å². The number of benzene rings is 2. The van der Waals surface area contributed by atoms with Crippen LogP contribution in [0.2, 0.25) is 15.7 Å². The number of aliphatic hydroxyl groups excluding tert-OH is 1. The van der Waals surface area contributed by atoms with Crippen LogP contribution in [0.1, 0.15) is 38.6 Å². The minimum Gasteiger partial charge on any atom is -0.398 e. The van der Waals surface area contributed by atoms with Gasteiger partial charge in [-0.2, -0.15) is 4.98 Å². The second-order valence-electron chi connectivity index (χ2n) is 13.1. The first kappa shape index (κ1) is 51.8. The molecule has 0 radical (unpaired) electrons. The van der Waals surface area contributed by atoms with Crippen molar-refractivity contribution in [3.63, 3.8) is 0 Å². The lowest BCUT2D eigenvalue weighted by Crippen LogP contribution is -2.11. The predicted octanol–water partition coefficient (Wildman–Crippen LogP) is 10.9. The van der Waals surface area contributed by atoms with E-state index in [1.807, 2.05) is 44.2 Å². The van der Waals surface area contributed by atoms with Crippen LogP contribution >= 0.6 is 80.9 Å². The van der Waals surface area contributed by atoms with Crippen LogP contribution in [-0.2, 0) is 9.13 Å². The van der Waals surface area contributed by atoms with E-state index in [1.54, 1.807) is 63.7 Å². The summed E-state index contributed by atoms with van der Waals surface area (Å²) >= 11 is 23.3. The van der Waals surface area contributed by atoms with Crippen molar-refractivity contribution < 1.29 is 14.2 Å². The van der Waals surface area contributed by atoms with Crippen molar-refractivity contribution >= 4 is 109 Å². The van der Waals surface area contributed by atoms with Gasteiger partial charge in [-0.3, -0.25) is 19.9 Å². The van der Waals surface area contributed by atoms with Crippen LogP contribution in [0, 0.1) is 13.8 Å². The molecule has 0 aliphatic rings. The number of hydrogen-bond donors (Lipinski definition) is 3. The Morgan fingerprint density at radius 2 is 1.19 bits per heavy atom. The van der Waals surface area contributed by atoms with Gasteiger partial charge in [0.05, 0.1) is 49.8 Å². The second-order valence-corrected chi connectivity index (χ2v) is 22.2. The third-order valence-electron chi connectivity index (χ3n) is 7.49. The standard InChI is InChI=1S/C17H16BrClN5OP.C13H16N3OP.C4HBrCl2N2.C4H10O.CH4/c1-10-7-21-14(9-20-10)11-4-5-13(15(6-11)26(2,3)25)23-16-12(18)8-22-17(19)24-16;1-9-7-16-12(8-15-9)10-4-5-11(14)13(6-10)18(2,3)17;5-2-1-8-4(7)9-3(2)6;1-2-3-4-5;/h4-9H,1-3H3,(H,22,23,24);4-8H,14H2,1-3H3;1H;5H,2-4H2,1H3;1H4. The summed E-state index contributed by atoms with van der Waals surface area (Å²) in [5.41, 5.74) is 12.1. The molecule has 0 spiro atoms. The monoisotopic (exact) mass is 1030 g/mol. The normalized spacial score (nSPS) is 10.7. The van der Waals surface area contributed by atoms with Gasteiger partial charge in [0, 0.05) is 58.8 Å². The average Bonchev–Trinajstić information content (AvgIpc) is 3.16. The molecule has 13 nitrogen and oxygen atoms in total. The molecule has 2 aromatic carbocycles. The van der Waals surface area contributed by atoms with E-state index in [0.717, 1.165) is 46.7 Å². The van der Waals surface area contributed by atoms with Gasteiger partial charge in [0.25, 0.3) is 0 Å². The lowest BCUT2D eigenvalue weighted by molar-refractivity contribution is 0.287. The van der Waals surface area contributed by atoms with Gasteiger partial charge < -0.3 is 25.3 Å². The largest absolute Gasteiger partial charge is 0.398 e. The summed E-state index contributed by atoms with van der Waals surface area (Å²) in [6, 6.07) is 11.1. The molecule has 0 amide bonds. The first-order chi connectivity index (χ1) is 27.2. The third-order valence-corrected chi connectivity index (χ3v) is 12.6. The van der Waals surface area contributed by atoms with Crippen molar-refractivity contribution in [2.24, 2.45) is 0 Å². The minimum absolute atomic E-state index is 0. The highest BCUT2D eigenvalue weighted by Gasteiger charge is 2.20. The summed E-state index contributed by atoms with van der Waals surface area (Å²) in [7, 11) is -4.96. The van der Waals surface area contributed by atoms with E-state index in [2.05, 4.69) is 84.0 Å². The van der Waals surface area contributed by atoms with Crippen LogP contribution in [0.4, 0.5) is 17.2 Å². The number of hydrogen-bond acceptors (Lipinski definition) is 13. The SMILES string of the molecule is C.CCCCO.Cc1cnc(-c2ccc(N)c(P(C)(C)=O)c2)cn1.Cc1cnc(-c2ccc(Nc3nc(Cl)ncc3Br)c(P(C)(C)=O)c2)cn1.Clc1ncc(Br)c(Cl)n1. The summed E-state index contributed by atoms with van der Waals surface area (Å²) in [5.74, 6) is 0.502. The average molecular weight is 1030 g/mol. The van der Waals surface area contributed by atoms with Gasteiger partial charge in [0.1, 0.15) is 25.3 Å². The molecule has 0 saturated carbocycles. The van der Waals surface area contributed by atoms with Crippen molar-refractivity contribution in [3.8, 4) is 22.5 Å². The van der Waals surface area contributed by atoms with E-state index >= 15 is 0 Å². The summed E-state index contributed by atoms with van der Waals surface area (Å²) in [5, 5.41) is 13.3. The van der Waals surface area contributed by atoms with Gasteiger partial charge in [-0.1, -0.05) is 44.5 Å². The fourth-order valence-corrected chi connectivity index (χ4v) is 7.77. The van der Waals surface area contributed by atoms with Crippen molar-refractivity contribution in [1.29, 1.82) is 0 Å². The number of unbranched alkanes of at least 4 members (excludes halogenated alkanes) is 1. The van der Waals surface area contributed by atoms with Gasteiger partial charge in [-0.15, -0.1) is 0 Å². The Kier molecular flexibility index (Phi) is 21.2. The molecular weight excluding hydrogens is 985 g/mol. The number of nitrogen functional groups attached to an aromatic ring is 1. The maximum atomic E-state index is 12.9. The Balaban J connectivity index is 0.000000313. The molecule has 316 valence electrons. The quantitative estimate of drug-likeness (QED) is 0.0564. The van der Waals surface area contributed by atoms with E-state index in [4.69, 9.17) is 45.6 Å². The Morgan fingerprint density at radius 1 is 0.695 bits per heavy atom. The zero-order chi connectivity index (χ0) is 43.2. The van der Waals surface area contributed by atoms with Crippen molar-refractivity contribution in [2.75, 3.05) is 44.3 Å². The lowest BCUT2D eigenvalue weighted by Gasteiger charge is -2.17. The molecule has 0 fully saturated rings. The van der Waals surface area contributed by atoms with Gasteiger partial charge in [0.2, 0.25) is 10.6 Å². The number of halogens is 5. The summed E-state index contributed by atoms with van der Waals surface area (Å²) in [4.78, 5) is 32.6. The molecule has 0 atom stereocenters. The van der Waals surface area contributed by atoms with Crippen LogP contribution < -0.4 is 21.7 Å². The van der Waals surface area contributed by atoms with E-state index < -0.39 is 14.3 Å². The van der Waals surface area contributed by atoms with Crippen LogP contribution in [0.25, 0.3) is 22.5 Å². The zero-order valence-corrected chi connectivity index (χ0v) is 40.0. The van der Waals surface area contributed by atoms with E-state index in [0.29, 0.717) is 48.5 Å². The molecule has 6 rings (SSSR count). The highest BCUT2D eigenvalue weighted by molar-refractivity contribution is 9.11. The summed E-state index contributed by atoms with van der Waals surface area (Å²) in [6.07, 6.45) is 11.9. The Bertz CT molecular complexity index is 2390. The van der Waals surface area contributed by atoms with E-state index in [9.17, 15) is 9.13 Å². The topological polar surface area (TPSA) is 196 Å². The number of nitrogens with two attached hydrogens (primary N) is 1. The molecule has 6 aromatic rings. The fourth-order valence-electron chi connectivity index (χ4n) is 4.54. The molecular formula is C39H47Br2Cl3N10O3P2. The number of nitrogens with one attached hydrogen (secondary N) is 1. The van der Waals surface area contributed by atoms with Crippen molar-refractivity contribution in [2.45, 2.75) is 41.0 Å². The van der Waals surface area contributed by atoms with E-state index in [-0.39, 0.29) is 18.0 Å². The molecule has 0 saturated heterocycles. The molecule has 20 heteroatoms. The van der Waals surface area contributed by atoms with Gasteiger partial charge >= 0.3 is 0 Å². The Morgan fingerprint density at radius 3 is 1.61 bits per heavy atom. The maximum absolute atomic E-state index is 12.9. The van der Waals surface area contributed by atoms with Gasteiger partial charge in [0.15, 0.2) is 0 Å². The second kappa shape index (κ2) is 24.2. The third kappa shape index (κ3) is 16.9. The molecule has 0 aliphatic heterocycles. The molecule has 4 aromatic heterocycles.